The first kappa shape index (κ1) is 16.0. The number of aromatic nitrogens is 4. The van der Waals surface area contributed by atoms with E-state index in [4.69, 9.17) is 4.74 Å². The van der Waals surface area contributed by atoms with Crippen LogP contribution in [0.5, 0.6) is 0 Å². The lowest BCUT2D eigenvalue weighted by atomic mass is 9.94. The SMILES string of the molecule is CC1(C)CC(Nc2ccc3nnc(C(F)(F)F)n3n2)C(C)(C)O1. The first-order valence-electron chi connectivity index (χ1n) is 7.24. The Balaban J connectivity index is 1.92. The highest BCUT2D eigenvalue weighted by atomic mass is 19.4. The van der Waals surface area contributed by atoms with E-state index in [2.05, 4.69) is 20.6 Å². The van der Waals surface area contributed by atoms with Crippen molar-refractivity contribution in [2.24, 2.45) is 0 Å². The second-order valence-corrected chi connectivity index (χ2v) is 6.88. The molecule has 0 saturated carbocycles. The molecule has 23 heavy (non-hydrogen) atoms. The van der Waals surface area contributed by atoms with Crippen molar-refractivity contribution in [1.29, 1.82) is 0 Å². The summed E-state index contributed by atoms with van der Waals surface area (Å²) < 4.78 is 45.4. The average molecular weight is 329 g/mol. The summed E-state index contributed by atoms with van der Waals surface area (Å²) in [4.78, 5) is 0. The van der Waals surface area contributed by atoms with Crippen LogP contribution in [0.1, 0.15) is 39.9 Å². The monoisotopic (exact) mass is 329 g/mol. The van der Waals surface area contributed by atoms with Crippen LogP contribution in [0.3, 0.4) is 0 Å². The summed E-state index contributed by atoms with van der Waals surface area (Å²) in [5.74, 6) is -0.819. The highest BCUT2D eigenvalue weighted by molar-refractivity contribution is 5.45. The Morgan fingerprint density at radius 1 is 1.22 bits per heavy atom. The van der Waals surface area contributed by atoms with Crippen molar-refractivity contribution in [3.63, 3.8) is 0 Å². The molecule has 1 fully saturated rings. The molecule has 3 rings (SSSR count). The van der Waals surface area contributed by atoms with Crippen LogP contribution >= 0.6 is 0 Å². The fourth-order valence-electron chi connectivity index (χ4n) is 3.01. The van der Waals surface area contributed by atoms with Gasteiger partial charge in [0, 0.05) is 0 Å². The maximum absolute atomic E-state index is 12.9. The number of halogens is 3. The highest BCUT2D eigenvalue weighted by Crippen LogP contribution is 2.38. The third-order valence-corrected chi connectivity index (χ3v) is 3.91. The van der Waals surface area contributed by atoms with E-state index >= 15 is 0 Å². The largest absolute Gasteiger partial charge is 0.453 e. The average Bonchev–Trinajstić information content (AvgIpc) is 2.86. The molecule has 0 bridgehead atoms. The van der Waals surface area contributed by atoms with E-state index < -0.39 is 17.6 Å². The minimum Gasteiger partial charge on any atom is -0.367 e. The molecule has 1 aliphatic rings. The van der Waals surface area contributed by atoms with Gasteiger partial charge in [-0.1, -0.05) is 0 Å². The van der Waals surface area contributed by atoms with Crippen molar-refractivity contribution in [3.8, 4) is 0 Å². The number of fused-ring (bicyclic) bond motifs is 1. The van der Waals surface area contributed by atoms with E-state index in [1.54, 1.807) is 6.07 Å². The molecule has 2 aromatic heterocycles. The first-order chi connectivity index (χ1) is 10.5. The lowest BCUT2D eigenvalue weighted by molar-refractivity contribution is -0.146. The maximum Gasteiger partial charge on any atom is 0.453 e. The molecule has 0 radical (unpaired) electrons. The highest BCUT2D eigenvalue weighted by Gasteiger charge is 2.46. The van der Waals surface area contributed by atoms with Gasteiger partial charge < -0.3 is 10.1 Å². The Morgan fingerprint density at radius 2 is 1.91 bits per heavy atom. The zero-order chi connectivity index (χ0) is 17.0. The molecule has 0 aromatic carbocycles. The van der Waals surface area contributed by atoms with Crippen LogP contribution in [0, 0.1) is 0 Å². The molecule has 0 aliphatic carbocycles. The van der Waals surface area contributed by atoms with Crippen LogP contribution < -0.4 is 5.32 Å². The summed E-state index contributed by atoms with van der Waals surface area (Å²) in [5.41, 5.74) is -0.718. The molecule has 1 N–H and O–H groups in total. The normalized spacial score (nSPS) is 23.3. The molecular formula is C14H18F3N5O. The van der Waals surface area contributed by atoms with Gasteiger partial charge in [0.2, 0.25) is 0 Å². The molecule has 2 aromatic rings. The second kappa shape index (κ2) is 4.80. The molecule has 1 unspecified atom stereocenters. The summed E-state index contributed by atoms with van der Waals surface area (Å²) in [6.45, 7) is 7.85. The lowest BCUT2D eigenvalue weighted by Gasteiger charge is -2.28. The molecule has 126 valence electrons. The van der Waals surface area contributed by atoms with Crippen molar-refractivity contribution in [3.05, 3.63) is 18.0 Å². The molecule has 0 amide bonds. The molecule has 1 aliphatic heterocycles. The van der Waals surface area contributed by atoms with Crippen LogP contribution in [0.2, 0.25) is 0 Å². The predicted octanol–water partition coefficient (Wildman–Crippen LogP) is 2.90. The summed E-state index contributed by atoms with van der Waals surface area (Å²) in [6, 6.07) is 2.96. The van der Waals surface area contributed by atoms with Crippen LogP contribution in [-0.4, -0.2) is 37.1 Å². The van der Waals surface area contributed by atoms with Crippen molar-refractivity contribution < 1.29 is 17.9 Å². The number of ether oxygens (including phenoxy) is 1. The van der Waals surface area contributed by atoms with E-state index in [0.717, 1.165) is 0 Å². The Morgan fingerprint density at radius 3 is 2.48 bits per heavy atom. The second-order valence-electron chi connectivity index (χ2n) is 6.88. The third-order valence-electron chi connectivity index (χ3n) is 3.91. The molecule has 3 heterocycles. The Hall–Kier alpha value is -1.90. The van der Waals surface area contributed by atoms with Gasteiger partial charge in [-0.3, -0.25) is 0 Å². The van der Waals surface area contributed by atoms with Gasteiger partial charge in [-0.05, 0) is 46.2 Å². The smallest absolute Gasteiger partial charge is 0.367 e. The summed E-state index contributed by atoms with van der Waals surface area (Å²) in [6.07, 6.45) is -3.89. The lowest BCUT2D eigenvalue weighted by Crippen LogP contribution is -2.38. The van der Waals surface area contributed by atoms with Crippen molar-refractivity contribution in [2.45, 2.75) is 57.5 Å². The van der Waals surface area contributed by atoms with Gasteiger partial charge in [0.1, 0.15) is 5.82 Å². The summed E-state index contributed by atoms with van der Waals surface area (Å²) in [5, 5.41) is 13.8. The Bertz CT molecular complexity index is 738. The van der Waals surface area contributed by atoms with Crippen LogP contribution in [0.15, 0.2) is 12.1 Å². The quantitative estimate of drug-likeness (QED) is 0.918. The topological polar surface area (TPSA) is 64.3 Å². The number of hydrogen-bond acceptors (Lipinski definition) is 5. The van der Waals surface area contributed by atoms with Gasteiger partial charge >= 0.3 is 6.18 Å². The summed E-state index contributed by atoms with van der Waals surface area (Å²) in [7, 11) is 0. The molecule has 6 nitrogen and oxygen atoms in total. The predicted molar refractivity (Wildman–Crippen MR) is 77.1 cm³/mol. The van der Waals surface area contributed by atoms with Gasteiger partial charge in [0.15, 0.2) is 5.65 Å². The number of anilines is 1. The van der Waals surface area contributed by atoms with E-state index in [1.165, 1.54) is 6.07 Å². The van der Waals surface area contributed by atoms with E-state index in [0.29, 0.717) is 16.8 Å². The van der Waals surface area contributed by atoms with Gasteiger partial charge in [-0.25, -0.2) is 0 Å². The minimum atomic E-state index is -4.61. The fraction of sp³-hybridized carbons (Fsp3) is 0.643. The molecule has 0 spiro atoms. The van der Waals surface area contributed by atoms with Crippen LogP contribution in [0.4, 0.5) is 19.0 Å². The Kier molecular flexibility index (Phi) is 3.33. The fourth-order valence-corrected chi connectivity index (χ4v) is 3.01. The van der Waals surface area contributed by atoms with E-state index in [9.17, 15) is 13.2 Å². The van der Waals surface area contributed by atoms with Gasteiger partial charge in [0.05, 0.1) is 17.2 Å². The Labute approximate surface area is 131 Å². The van der Waals surface area contributed by atoms with E-state index in [-0.39, 0.29) is 17.3 Å². The van der Waals surface area contributed by atoms with Crippen molar-refractivity contribution in [1.82, 2.24) is 19.8 Å². The number of alkyl halides is 3. The first-order valence-corrected chi connectivity index (χ1v) is 7.24. The van der Waals surface area contributed by atoms with Gasteiger partial charge in [0.25, 0.3) is 5.82 Å². The van der Waals surface area contributed by atoms with Crippen LogP contribution in [-0.2, 0) is 10.9 Å². The molecule has 9 heteroatoms. The van der Waals surface area contributed by atoms with E-state index in [1.807, 2.05) is 27.7 Å². The van der Waals surface area contributed by atoms with Gasteiger partial charge in [-0.2, -0.15) is 17.7 Å². The van der Waals surface area contributed by atoms with Crippen molar-refractivity contribution >= 4 is 11.5 Å². The number of hydrogen-bond donors (Lipinski definition) is 1. The zero-order valence-electron chi connectivity index (χ0n) is 13.3. The third kappa shape index (κ3) is 2.97. The minimum absolute atomic E-state index is 0.0464. The maximum atomic E-state index is 12.9. The standard InChI is InChI=1S/C14H18F3N5O/c1-12(2)7-8(13(3,4)23-12)18-9-5-6-10-19-20-11(14(15,16)17)22(10)21-9/h5-6,8H,7H2,1-4H3,(H,18,21). The molecule has 1 atom stereocenters. The number of rotatable bonds is 2. The van der Waals surface area contributed by atoms with Crippen LogP contribution in [0.25, 0.3) is 5.65 Å². The number of nitrogens with one attached hydrogen (secondary N) is 1. The molecular weight excluding hydrogens is 311 g/mol. The van der Waals surface area contributed by atoms with Gasteiger partial charge in [-0.15, -0.1) is 15.3 Å². The van der Waals surface area contributed by atoms with Crippen molar-refractivity contribution in [2.75, 3.05) is 5.32 Å². The molecule has 1 saturated heterocycles. The summed E-state index contributed by atoms with van der Waals surface area (Å²) >= 11 is 0. The zero-order valence-corrected chi connectivity index (χ0v) is 13.3. The number of nitrogens with zero attached hydrogens (tertiary/aromatic N) is 4.